The van der Waals surface area contributed by atoms with Crippen molar-refractivity contribution in [1.29, 1.82) is 0 Å². The van der Waals surface area contributed by atoms with Gasteiger partial charge in [0.15, 0.2) is 0 Å². The van der Waals surface area contributed by atoms with Crippen molar-refractivity contribution in [3.05, 3.63) is 34.6 Å². The first-order valence-electron chi connectivity index (χ1n) is 6.68. The van der Waals surface area contributed by atoms with Gasteiger partial charge in [-0.1, -0.05) is 28.0 Å². The lowest BCUT2D eigenvalue weighted by atomic mass is 10.0. The number of rotatable bonds is 4. The van der Waals surface area contributed by atoms with Crippen LogP contribution in [0.4, 0.5) is 0 Å². The van der Waals surface area contributed by atoms with E-state index >= 15 is 0 Å². The topological polar surface area (TPSA) is 51.0 Å². The number of hydrogen-bond donors (Lipinski definition) is 1. The van der Waals surface area contributed by atoms with Crippen LogP contribution < -0.4 is 5.32 Å². The second-order valence-corrected chi connectivity index (χ2v) is 6.76. The fourth-order valence-electron chi connectivity index (χ4n) is 2.36. The van der Waals surface area contributed by atoms with Gasteiger partial charge in [0.2, 0.25) is 11.7 Å². The van der Waals surface area contributed by atoms with E-state index < -0.39 is 0 Å². The highest BCUT2D eigenvalue weighted by Gasteiger charge is 2.32. The van der Waals surface area contributed by atoms with Crippen molar-refractivity contribution in [3.8, 4) is 11.4 Å². The summed E-state index contributed by atoms with van der Waals surface area (Å²) >= 11 is 5.36. The first kappa shape index (κ1) is 14.1. The Morgan fingerprint density at radius 3 is 2.90 bits per heavy atom. The number of hydrogen-bond acceptors (Lipinski definition) is 5. The minimum absolute atomic E-state index is 0.316. The summed E-state index contributed by atoms with van der Waals surface area (Å²) in [6.45, 7) is 3.09. The molecule has 1 aromatic carbocycles. The van der Waals surface area contributed by atoms with E-state index in [1.807, 2.05) is 36.0 Å². The van der Waals surface area contributed by atoms with Gasteiger partial charge in [-0.2, -0.15) is 16.7 Å². The maximum atomic E-state index is 5.48. The van der Waals surface area contributed by atoms with Crippen LogP contribution in [0.1, 0.15) is 18.7 Å². The lowest BCUT2D eigenvalue weighted by Crippen LogP contribution is -2.34. The van der Waals surface area contributed by atoms with Crippen LogP contribution in [0.15, 0.2) is 33.3 Å². The fourth-order valence-corrected chi connectivity index (χ4v) is 4.00. The van der Waals surface area contributed by atoms with E-state index in [1.165, 1.54) is 0 Å². The molecule has 106 valence electrons. The molecule has 1 fully saturated rings. The SMILES string of the molecule is CCNC1CSCC1c1nc(-c2ccc(Br)cc2)no1. The quantitative estimate of drug-likeness (QED) is 0.913. The Morgan fingerprint density at radius 1 is 1.35 bits per heavy atom. The summed E-state index contributed by atoms with van der Waals surface area (Å²) < 4.78 is 6.53. The Hall–Kier alpha value is -0.850. The number of likely N-dealkylation sites (N-methyl/N-ethyl adjacent to an activating group) is 1. The molecule has 1 aliphatic heterocycles. The zero-order valence-electron chi connectivity index (χ0n) is 11.2. The van der Waals surface area contributed by atoms with Gasteiger partial charge in [-0.15, -0.1) is 0 Å². The second kappa shape index (κ2) is 6.28. The van der Waals surface area contributed by atoms with Gasteiger partial charge in [0.1, 0.15) is 0 Å². The smallest absolute Gasteiger partial charge is 0.232 e. The third-order valence-electron chi connectivity index (χ3n) is 3.41. The van der Waals surface area contributed by atoms with Crippen molar-refractivity contribution in [2.75, 3.05) is 18.1 Å². The van der Waals surface area contributed by atoms with E-state index in [9.17, 15) is 0 Å². The molecular formula is C14H16BrN3OS. The summed E-state index contributed by atoms with van der Waals surface area (Å²) in [7, 11) is 0. The molecule has 20 heavy (non-hydrogen) atoms. The lowest BCUT2D eigenvalue weighted by Gasteiger charge is -2.15. The number of nitrogens with zero attached hydrogens (tertiary/aromatic N) is 2. The van der Waals surface area contributed by atoms with E-state index in [2.05, 4.69) is 38.3 Å². The first-order valence-corrected chi connectivity index (χ1v) is 8.63. The highest BCUT2D eigenvalue weighted by Crippen LogP contribution is 2.33. The zero-order chi connectivity index (χ0) is 13.9. The number of nitrogens with one attached hydrogen (secondary N) is 1. The molecule has 2 unspecified atom stereocenters. The maximum Gasteiger partial charge on any atom is 0.232 e. The van der Waals surface area contributed by atoms with Crippen LogP contribution in [-0.4, -0.2) is 34.2 Å². The predicted octanol–water partition coefficient (Wildman–Crippen LogP) is 3.31. The zero-order valence-corrected chi connectivity index (χ0v) is 13.6. The van der Waals surface area contributed by atoms with E-state index in [1.54, 1.807) is 0 Å². The summed E-state index contributed by atoms with van der Waals surface area (Å²) in [4.78, 5) is 4.58. The van der Waals surface area contributed by atoms with E-state index in [0.29, 0.717) is 17.8 Å². The molecule has 6 heteroatoms. The molecule has 0 bridgehead atoms. The molecule has 4 nitrogen and oxygen atoms in total. The van der Waals surface area contributed by atoms with Gasteiger partial charge in [-0.25, -0.2) is 0 Å². The maximum absolute atomic E-state index is 5.48. The van der Waals surface area contributed by atoms with Crippen LogP contribution >= 0.6 is 27.7 Å². The molecule has 0 radical (unpaired) electrons. The minimum Gasteiger partial charge on any atom is -0.339 e. The van der Waals surface area contributed by atoms with Crippen LogP contribution in [0.3, 0.4) is 0 Å². The average molecular weight is 354 g/mol. The first-order chi connectivity index (χ1) is 9.78. The summed E-state index contributed by atoms with van der Waals surface area (Å²) in [5.41, 5.74) is 0.980. The second-order valence-electron chi connectivity index (χ2n) is 4.77. The van der Waals surface area contributed by atoms with Crippen molar-refractivity contribution < 1.29 is 4.52 Å². The number of aromatic nitrogens is 2. The molecule has 0 saturated carbocycles. The normalized spacial score (nSPS) is 22.3. The van der Waals surface area contributed by atoms with E-state index in [4.69, 9.17) is 4.52 Å². The Kier molecular flexibility index (Phi) is 4.43. The Balaban J connectivity index is 1.81. The summed E-state index contributed by atoms with van der Waals surface area (Å²) in [6, 6.07) is 8.38. The van der Waals surface area contributed by atoms with Crippen LogP contribution in [0.25, 0.3) is 11.4 Å². The van der Waals surface area contributed by atoms with Crippen LogP contribution in [0.5, 0.6) is 0 Å². The van der Waals surface area contributed by atoms with Crippen LogP contribution in [0, 0.1) is 0 Å². The third kappa shape index (κ3) is 2.92. The van der Waals surface area contributed by atoms with Gasteiger partial charge in [-0.3, -0.25) is 0 Å². The summed E-state index contributed by atoms with van der Waals surface area (Å²) in [6.07, 6.45) is 0. The van der Waals surface area contributed by atoms with E-state index in [0.717, 1.165) is 34.0 Å². The fraction of sp³-hybridized carbons (Fsp3) is 0.429. The molecule has 3 rings (SSSR count). The van der Waals surface area contributed by atoms with Gasteiger partial charge in [0.05, 0.1) is 5.92 Å². The van der Waals surface area contributed by atoms with Crippen molar-refractivity contribution in [2.45, 2.75) is 18.9 Å². The van der Waals surface area contributed by atoms with Crippen molar-refractivity contribution in [3.63, 3.8) is 0 Å². The molecule has 1 aromatic heterocycles. The molecule has 1 aliphatic rings. The molecule has 0 amide bonds. The Bertz CT molecular complexity index is 572. The van der Waals surface area contributed by atoms with Crippen LogP contribution in [-0.2, 0) is 0 Å². The predicted molar refractivity (Wildman–Crippen MR) is 85.0 cm³/mol. The van der Waals surface area contributed by atoms with Crippen molar-refractivity contribution >= 4 is 27.7 Å². The molecule has 2 atom stereocenters. The summed E-state index contributed by atoms with van der Waals surface area (Å²) in [5, 5.41) is 7.61. The number of halogens is 1. The summed E-state index contributed by atoms with van der Waals surface area (Å²) in [5.74, 6) is 3.88. The van der Waals surface area contributed by atoms with Gasteiger partial charge in [0, 0.05) is 27.6 Å². The van der Waals surface area contributed by atoms with Gasteiger partial charge in [-0.05, 0) is 30.8 Å². The van der Waals surface area contributed by atoms with E-state index in [-0.39, 0.29) is 0 Å². The average Bonchev–Trinajstić information content (AvgIpc) is 3.08. The molecule has 2 heterocycles. The van der Waals surface area contributed by atoms with Gasteiger partial charge >= 0.3 is 0 Å². The minimum atomic E-state index is 0.316. The van der Waals surface area contributed by atoms with Crippen molar-refractivity contribution in [2.24, 2.45) is 0 Å². The number of benzene rings is 1. The van der Waals surface area contributed by atoms with Gasteiger partial charge in [0.25, 0.3) is 0 Å². The van der Waals surface area contributed by atoms with Gasteiger partial charge < -0.3 is 9.84 Å². The molecular weight excluding hydrogens is 338 g/mol. The molecule has 2 aromatic rings. The standard InChI is InChI=1S/C14H16BrN3OS/c1-2-16-12-8-20-7-11(12)14-17-13(18-19-14)9-3-5-10(15)6-4-9/h3-6,11-12,16H,2,7-8H2,1H3. The highest BCUT2D eigenvalue weighted by atomic mass is 79.9. The van der Waals surface area contributed by atoms with Crippen molar-refractivity contribution in [1.82, 2.24) is 15.5 Å². The number of thioether (sulfide) groups is 1. The third-order valence-corrected chi connectivity index (χ3v) is 5.13. The Morgan fingerprint density at radius 2 is 2.15 bits per heavy atom. The van der Waals surface area contributed by atoms with Crippen LogP contribution in [0.2, 0.25) is 0 Å². The molecule has 0 aliphatic carbocycles. The Labute approximate surface area is 130 Å². The molecule has 1 N–H and O–H groups in total. The molecule has 0 spiro atoms. The monoisotopic (exact) mass is 353 g/mol. The highest BCUT2D eigenvalue weighted by molar-refractivity contribution is 9.10. The largest absolute Gasteiger partial charge is 0.339 e. The molecule has 1 saturated heterocycles. The lowest BCUT2D eigenvalue weighted by molar-refractivity contribution is 0.340.